The molecule has 40 heavy (non-hydrogen) atoms. The van der Waals surface area contributed by atoms with Crippen LogP contribution in [0.2, 0.25) is 0 Å². The highest BCUT2D eigenvalue weighted by atomic mass is 15.2. The zero-order chi connectivity index (χ0) is 29.4. The molecule has 0 aliphatic carbocycles. The second kappa shape index (κ2) is 9.33. The van der Waals surface area contributed by atoms with Gasteiger partial charge >= 0.3 is 0 Å². The van der Waals surface area contributed by atoms with Gasteiger partial charge in [-0.1, -0.05) is 83.1 Å². The van der Waals surface area contributed by atoms with E-state index in [4.69, 9.17) is 9.97 Å². The van der Waals surface area contributed by atoms with E-state index in [-0.39, 0.29) is 21.7 Å². The number of hydrogen-bond donors (Lipinski definition) is 0. The fraction of sp³-hybridized carbons (Fsp3) is 0.556. The van der Waals surface area contributed by atoms with Crippen LogP contribution in [-0.4, -0.2) is 36.1 Å². The van der Waals surface area contributed by atoms with Crippen molar-refractivity contribution >= 4 is 33.2 Å². The summed E-state index contributed by atoms with van der Waals surface area (Å²) in [5.41, 5.74) is 11.4. The zero-order valence-electron chi connectivity index (χ0n) is 27.1. The van der Waals surface area contributed by atoms with Gasteiger partial charge in [0.05, 0.1) is 11.0 Å². The molecule has 0 saturated carbocycles. The van der Waals surface area contributed by atoms with Crippen LogP contribution in [0.1, 0.15) is 83.1 Å². The van der Waals surface area contributed by atoms with Crippen LogP contribution < -0.4 is 9.80 Å². The zero-order valence-corrected chi connectivity index (χ0v) is 27.1. The van der Waals surface area contributed by atoms with Gasteiger partial charge in [0.15, 0.2) is 0 Å². The minimum absolute atomic E-state index is 0.144. The van der Waals surface area contributed by atoms with E-state index in [1.165, 1.54) is 22.1 Å². The van der Waals surface area contributed by atoms with Crippen molar-refractivity contribution in [2.75, 3.05) is 36.0 Å². The number of hydrogen-bond acceptors (Lipinski definition) is 4. The molecule has 0 N–H and O–H groups in total. The van der Waals surface area contributed by atoms with Crippen LogP contribution in [0.25, 0.3) is 21.8 Å². The number of aromatic nitrogens is 2. The average Bonchev–Trinajstić information content (AvgIpc) is 3.48. The summed E-state index contributed by atoms with van der Waals surface area (Å²) >= 11 is 0. The molecular formula is C36H50N4. The van der Waals surface area contributed by atoms with Gasteiger partial charge in [0.25, 0.3) is 0 Å². The van der Waals surface area contributed by atoms with Crippen molar-refractivity contribution in [3.8, 4) is 0 Å². The first kappa shape index (κ1) is 28.6. The van der Waals surface area contributed by atoms with E-state index in [9.17, 15) is 0 Å². The van der Waals surface area contributed by atoms with Gasteiger partial charge in [-0.25, -0.2) is 0 Å². The Bertz CT molecular complexity index is 1360. The van der Waals surface area contributed by atoms with Gasteiger partial charge in [0.1, 0.15) is 0 Å². The van der Waals surface area contributed by atoms with Gasteiger partial charge in [0.2, 0.25) is 0 Å². The fourth-order valence-electron chi connectivity index (χ4n) is 6.71. The van der Waals surface area contributed by atoms with E-state index in [0.717, 1.165) is 37.2 Å². The number of anilines is 2. The van der Waals surface area contributed by atoms with E-state index in [2.05, 4.69) is 117 Å². The summed E-state index contributed by atoms with van der Waals surface area (Å²) in [5, 5.41) is 2.38. The lowest BCUT2D eigenvalue weighted by Gasteiger charge is -2.28. The number of benzene rings is 1. The predicted octanol–water partition coefficient (Wildman–Crippen LogP) is 9.20. The summed E-state index contributed by atoms with van der Waals surface area (Å²) in [4.78, 5) is 14.9. The first-order valence-corrected chi connectivity index (χ1v) is 15.0. The summed E-state index contributed by atoms with van der Waals surface area (Å²) in [6.07, 6.45) is 3.95. The molecule has 0 unspecified atom stereocenters. The van der Waals surface area contributed by atoms with E-state index in [0.29, 0.717) is 0 Å². The number of rotatable bonds is 2. The average molecular weight is 539 g/mol. The second-order valence-corrected chi connectivity index (χ2v) is 16.1. The molecule has 214 valence electrons. The van der Waals surface area contributed by atoms with Gasteiger partial charge in [0, 0.05) is 60.7 Å². The highest BCUT2D eigenvalue weighted by Gasteiger charge is 2.37. The van der Waals surface area contributed by atoms with Gasteiger partial charge in [-0.2, -0.15) is 0 Å². The Hall–Kier alpha value is -2.88. The Labute approximate surface area is 242 Å². The topological polar surface area (TPSA) is 32.3 Å². The van der Waals surface area contributed by atoms with Crippen LogP contribution in [-0.2, 0) is 0 Å². The monoisotopic (exact) mass is 538 g/mol. The van der Waals surface area contributed by atoms with Crippen molar-refractivity contribution in [3.63, 3.8) is 0 Å². The van der Waals surface area contributed by atoms with E-state index in [1.807, 2.05) is 12.4 Å². The SMILES string of the molecule is CC(C)(C)C1=C(C(C)(C)C)CN(c2ccnc3c2ccc2c(N4CC(C(C)(C)C)=C(C(C)(C)C)C4)ccnc23)C1. The third-order valence-corrected chi connectivity index (χ3v) is 9.00. The maximum atomic E-state index is 4.92. The number of fused-ring (bicyclic) bond motifs is 3. The summed E-state index contributed by atoms with van der Waals surface area (Å²) in [6.45, 7) is 32.1. The maximum Gasteiger partial charge on any atom is 0.0986 e. The highest BCUT2D eigenvalue weighted by Crippen LogP contribution is 2.46. The fourth-order valence-corrected chi connectivity index (χ4v) is 6.71. The van der Waals surface area contributed by atoms with Gasteiger partial charge in [-0.3, -0.25) is 9.97 Å². The van der Waals surface area contributed by atoms with Crippen LogP contribution in [0.15, 0.2) is 59.0 Å². The van der Waals surface area contributed by atoms with E-state index < -0.39 is 0 Å². The molecule has 0 amide bonds. The van der Waals surface area contributed by atoms with Crippen LogP contribution in [0.5, 0.6) is 0 Å². The van der Waals surface area contributed by atoms with Gasteiger partial charge < -0.3 is 9.80 Å². The quantitative estimate of drug-likeness (QED) is 0.240. The molecule has 4 nitrogen and oxygen atoms in total. The lowest BCUT2D eigenvalue weighted by Crippen LogP contribution is -2.24. The molecule has 1 aromatic carbocycles. The highest BCUT2D eigenvalue weighted by molar-refractivity contribution is 6.10. The largest absolute Gasteiger partial charge is 0.363 e. The molecular weight excluding hydrogens is 488 g/mol. The van der Waals surface area contributed by atoms with Crippen molar-refractivity contribution < 1.29 is 0 Å². The summed E-state index contributed by atoms with van der Waals surface area (Å²) in [7, 11) is 0. The van der Waals surface area contributed by atoms with Gasteiger partial charge in [-0.05, 0) is 68.2 Å². The normalized spacial score (nSPS) is 17.8. The van der Waals surface area contributed by atoms with Crippen LogP contribution in [0, 0.1) is 21.7 Å². The Morgan fingerprint density at radius 2 is 0.725 bits per heavy atom. The first-order chi connectivity index (χ1) is 18.4. The summed E-state index contributed by atoms with van der Waals surface area (Å²) < 4.78 is 0. The molecule has 2 aliphatic rings. The van der Waals surface area contributed by atoms with Crippen molar-refractivity contribution in [3.05, 3.63) is 59.0 Å². The van der Waals surface area contributed by atoms with Crippen molar-refractivity contribution in [1.29, 1.82) is 0 Å². The first-order valence-electron chi connectivity index (χ1n) is 15.0. The van der Waals surface area contributed by atoms with Crippen LogP contribution in [0.4, 0.5) is 11.4 Å². The summed E-state index contributed by atoms with van der Waals surface area (Å²) in [6, 6.07) is 8.96. The lowest BCUT2D eigenvalue weighted by molar-refractivity contribution is 0.452. The van der Waals surface area contributed by atoms with Crippen LogP contribution in [0.3, 0.4) is 0 Å². The molecule has 3 aromatic rings. The third kappa shape index (κ3) is 5.03. The molecule has 0 spiro atoms. The number of nitrogens with zero attached hydrogens (tertiary/aromatic N) is 4. The molecule has 0 atom stereocenters. The van der Waals surface area contributed by atoms with Crippen molar-refractivity contribution in [2.24, 2.45) is 21.7 Å². The molecule has 2 aliphatic heterocycles. The molecule has 2 aromatic heterocycles. The van der Waals surface area contributed by atoms with E-state index in [1.54, 1.807) is 22.3 Å². The Morgan fingerprint density at radius 3 is 0.975 bits per heavy atom. The minimum Gasteiger partial charge on any atom is -0.363 e. The molecule has 4 heterocycles. The predicted molar refractivity (Wildman–Crippen MR) is 173 cm³/mol. The number of pyridine rings is 2. The molecule has 0 radical (unpaired) electrons. The molecule has 0 bridgehead atoms. The Morgan fingerprint density at radius 1 is 0.450 bits per heavy atom. The third-order valence-electron chi connectivity index (χ3n) is 9.00. The Kier molecular flexibility index (Phi) is 6.68. The van der Waals surface area contributed by atoms with Gasteiger partial charge in [-0.15, -0.1) is 0 Å². The minimum atomic E-state index is 0.144. The molecule has 0 saturated heterocycles. The second-order valence-electron chi connectivity index (χ2n) is 16.1. The lowest BCUT2D eigenvalue weighted by atomic mass is 9.76. The standard InChI is InChI=1S/C36H50N4/c1-33(2,3)25-19-39(20-26(25)34(4,5)6)29-15-17-37-31-23(29)13-14-24-30(16-18-38-32(24)31)40-21-27(35(7,8)9)28(22-40)36(10,11)12/h13-18H,19-22H2,1-12H3. The molecule has 5 rings (SSSR count). The van der Waals surface area contributed by atoms with Crippen molar-refractivity contribution in [2.45, 2.75) is 83.1 Å². The molecule has 4 heteroatoms. The maximum absolute atomic E-state index is 4.92. The molecule has 0 fully saturated rings. The van der Waals surface area contributed by atoms with Crippen molar-refractivity contribution in [1.82, 2.24) is 9.97 Å². The van der Waals surface area contributed by atoms with Crippen LogP contribution >= 0.6 is 0 Å². The van der Waals surface area contributed by atoms with E-state index >= 15 is 0 Å². The smallest absolute Gasteiger partial charge is 0.0986 e. The Balaban J connectivity index is 1.57. The summed E-state index contributed by atoms with van der Waals surface area (Å²) in [5.74, 6) is 0.